The van der Waals surface area contributed by atoms with E-state index in [-0.39, 0.29) is 19.1 Å². The molecule has 0 bridgehead atoms. The smallest absolute Gasteiger partial charge is 0.344 e. The lowest BCUT2D eigenvalue weighted by molar-refractivity contribution is -0.150. The molecule has 0 heterocycles. The lowest BCUT2D eigenvalue weighted by Gasteiger charge is -2.09. The van der Waals surface area contributed by atoms with Gasteiger partial charge in [0, 0.05) is 7.05 Å². The summed E-state index contributed by atoms with van der Waals surface area (Å²) in [5.41, 5.74) is 2.08. The van der Waals surface area contributed by atoms with E-state index in [9.17, 15) is 9.59 Å². The quantitative estimate of drug-likeness (QED) is 0.792. The number of hydrogen-bond acceptors (Lipinski definition) is 4. The minimum atomic E-state index is -0.571. The maximum absolute atomic E-state index is 11.3. The number of benzene rings is 1. The van der Waals surface area contributed by atoms with Crippen LogP contribution in [-0.2, 0) is 14.3 Å². The molecule has 98 valence electrons. The third-order valence-corrected chi connectivity index (χ3v) is 2.32. The van der Waals surface area contributed by atoms with E-state index in [2.05, 4.69) is 5.32 Å². The van der Waals surface area contributed by atoms with E-state index in [0.717, 1.165) is 11.1 Å². The summed E-state index contributed by atoms with van der Waals surface area (Å²) < 4.78 is 10.0. The summed E-state index contributed by atoms with van der Waals surface area (Å²) in [4.78, 5) is 22.1. The summed E-state index contributed by atoms with van der Waals surface area (Å²) in [6.45, 7) is 3.39. The summed E-state index contributed by atoms with van der Waals surface area (Å²) in [5.74, 6) is -0.286. The normalized spacial score (nSPS) is 9.72. The Morgan fingerprint density at radius 3 is 2.56 bits per heavy atom. The molecule has 0 aliphatic heterocycles. The third kappa shape index (κ3) is 4.45. The monoisotopic (exact) mass is 251 g/mol. The van der Waals surface area contributed by atoms with E-state index in [4.69, 9.17) is 9.47 Å². The number of rotatable bonds is 5. The van der Waals surface area contributed by atoms with Crippen LogP contribution in [0.5, 0.6) is 5.75 Å². The van der Waals surface area contributed by atoms with E-state index < -0.39 is 5.97 Å². The zero-order valence-electron chi connectivity index (χ0n) is 10.8. The maximum Gasteiger partial charge on any atom is 0.344 e. The largest absolute Gasteiger partial charge is 0.482 e. The van der Waals surface area contributed by atoms with Crippen LogP contribution in [0.15, 0.2) is 18.2 Å². The number of carbonyl (C=O) groups is 2. The third-order valence-electron chi connectivity index (χ3n) is 2.32. The van der Waals surface area contributed by atoms with Gasteiger partial charge in [-0.1, -0.05) is 17.7 Å². The van der Waals surface area contributed by atoms with Crippen molar-refractivity contribution in [3.63, 3.8) is 0 Å². The number of ether oxygens (including phenoxy) is 2. The van der Waals surface area contributed by atoms with E-state index in [1.54, 1.807) is 6.07 Å². The first kappa shape index (κ1) is 14.0. The van der Waals surface area contributed by atoms with Crippen molar-refractivity contribution >= 4 is 11.9 Å². The Morgan fingerprint density at radius 1 is 1.22 bits per heavy atom. The first-order chi connectivity index (χ1) is 8.52. The minimum absolute atomic E-state index is 0.207. The van der Waals surface area contributed by atoms with Crippen molar-refractivity contribution in [1.82, 2.24) is 5.32 Å². The summed E-state index contributed by atoms with van der Waals surface area (Å²) in [5, 5.41) is 2.35. The van der Waals surface area contributed by atoms with Crippen LogP contribution in [-0.4, -0.2) is 32.1 Å². The Kier molecular flexibility index (Phi) is 5.17. The van der Waals surface area contributed by atoms with Crippen LogP contribution >= 0.6 is 0 Å². The topological polar surface area (TPSA) is 64.6 Å². The molecule has 1 aromatic rings. The lowest BCUT2D eigenvalue weighted by Crippen LogP contribution is -2.26. The van der Waals surface area contributed by atoms with Gasteiger partial charge in [-0.25, -0.2) is 4.79 Å². The van der Waals surface area contributed by atoms with E-state index in [0.29, 0.717) is 5.75 Å². The first-order valence-corrected chi connectivity index (χ1v) is 5.59. The number of hydrogen-bond donors (Lipinski definition) is 1. The van der Waals surface area contributed by atoms with E-state index in [1.807, 2.05) is 26.0 Å². The van der Waals surface area contributed by atoms with Gasteiger partial charge in [0.15, 0.2) is 13.2 Å². The van der Waals surface area contributed by atoms with Crippen LogP contribution in [0.4, 0.5) is 0 Å². The molecule has 1 N–H and O–H groups in total. The van der Waals surface area contributed by atoms with Crippen molar-refractivity contribution in [2.75, 3.05) is 20.3 Å². The molecule has 5 heteroatoms. The first-order valence-electron chi connectivity index (χ1n) is 5.59. The molecule has 0 saturated heterocycles. The summed E-state index contributed by atoms with van der Waals surface area (Å²) in [6, 6.07) is 5.67. The molecule has 0 aromatic heterocycles. The van der Waals surface area contributed by atoms with Crippen LogP contribution in [0.1, 0.15) is 11.1 Å². The molecule has 0 aliphatic rings. The fourth-order valence-electron chi connectivity index (χ4n) is 1.36. The van der Waals surface area contributed by atoms with Crippen molar-refractivity contribution in [2.45, 2.75) is 13.8 Å². The van der Waals surface area contributed by atoms with E-state index in [1.165, 1.54) is 7.05 Å². The molecular formula is C13H17NO4. The lowest BCUT2D eigenvalue weighted by atomic mass is 10.1. The summed E-state index contributed by atoms with van der Waals surface area (Å²) in [6.07, 6.45) is 0. The number of likely N-dealkylation sites (N-methyl/N-ethyl adjacent to an activating group) is 1. The zero-order chi connectivity index (χ0) is 13.5. The fourth-order valence-corrected chi connectivity index (χ4v) is 1.36. The molecule has 0 aliphatic carbocycles. The van der Waals surface area contributed by atoms with Gasteiger partial charge in [0.05, 0.1) is 0 Å². The van der Waals surface area contributed by atoms with Crippen LogP contribution in [0.3, 0.4) is 0 Å². The molecule has 1 rings (SSSR count). The highest BCUT2D eigenvalue weighted by atomic mass is 16.6. The summed E-state index contributed by atoms with van der Waals surface area (Å²) in [7, 11) is 1.47. The second-order valence-corrected chi connectivity index (χ2v) is 3.89. The Hall–Kier alpha value is -2.04. The Labute approximate surface area is 106 Å². The van der Waals surface area contributed by atoms with Crippen molar-refractivity contribution in [2.24, 2.45) is 0 Å². The SMILES string of the molecule is CNC(=O)COC(=O)COc1ccc(C)cc1C. The average molecular weight is 251 g/mol. The predicted molar refractivity (Wildman–Crippen MR) is 66.4 cm³/mol. The molecule has 18 heavy (non-hydrogen) atoms. The van der Waals surface area contributed by atoms with Crippen molar-refractivity contribution in [3.8, 4) is 5.75 Å². The fraction of sp³-hybridized carbons (Fsp3) is 0.385. The van der Waals surface area contributed by atoms with Gasteiger partial charge in [-0.15, -0.1) is 0 Å². The van der Waals surface area contributed by atoms with Gasteiger partial charge < -0.3 is 14.8 Å². The molecule has 0 atom stereocenters. The average Bonchev–Trinajstić information content (AvgIpc) is 2.34. The molecule has 0 unspecified atom stereocenters. The number of carbonyl (C=O) groups excluding carboxylic acids is 2. The number of amides is 1. The predicted octanol–water partition coefficient (Wildman–Crippen LogP) is 0.971. The number of nitrogens with one attached hydrogen (secondary N) is 1. The molecule has 0 spiro atoms. The molecular weight excluding hydrogens is 234 g/mol. The van der Waals surface area contributed by atoms with Gasteiger partial charge in [0.2, 0.25) is 0 Å². The van der Waals surface area contributed by atoms with Crippen molar-refractivity contribution < 1.29 is 19.1 Å². The Morgan fingerprint density at radius 2 is 1.94 bits per heavy atom. The van der Waals surface area contributed by atoms with Crippen LogP contribution in [0, 0.1) is 13.8 Å². The Bertz CT molecular complexity index is 443. The van der Waals surface area contributed by atoms with Gasteiger partial charge in [0.25, 0.3) is 5.91 Å². The Balaban J connectivity index is 2.40. The second kappa shape index (κ2) is 6.64. The zero-order valence-corrected chi connectivity index (χ0v) is 10.8. The van der Waals surface area contributed by atoms with Crippen molar-refractivity contribution in [3.05, 3.63) is 29.3 Å². The highest BCUT2D eigenvalue weighted by Crippen LogP contribution is 2.18. The van der Waals surface area contributed by atoms with Gasteiger partial charge in [-0.2, -0.15) is 0 Å². The number of aryl methyl sites for hydroxylation is 2. The molecule has 0 fully saturated rings. The highest BCUT2D eigenvalue weighted by Gasteiger charge is 2.08. The van der Waals surface area contributed by atoms with Crippen LogP contribution in [0.2, 0.25) is 0 Å². The van der Waals surface area contributed by atoms with Gasteiger partial charge in [0.1, 0.15) is 5.75 Å². The maximum atomic E-state index is 11.3. The molecule has 0 saturated carbocycles. The van der Waals surface area contributed by atoms with Gasteiger partial charge in [-0.3, -0.25) is 4.79 Å². The molecule has 5 nitrogen and oxygen atoms in total. The highest BCUT2D eigenvalue weighted by molar-refractivity contribution is 5.80. The van der Waals surface area contributed by atoms with Crippen molar-refractivity contribution in [1.29, 1.82) is 0 Å². The molecule has 1 amide bonds. The van der Waals surface area contributed by atoms with Crippen LogP contribution < -0.4 is 10.1 Å². The summed E-state index contributed by atoms with van der Waals surface area (Å²) >= 11 is 0. The molecule has 0 radical (unpaired) electrons. The second-order valence-electron chi connectivity index (χ2n) is 3.89. The molecule has 1 aromatic carbocycles. The standard InChI is InChI=1S/C13H17NO4/c1-9-4-5-11(10(2)6-9)17-8-13(16)18-7-12(15)14-3/h4-6H,7-8H2,1-3H3,(H,14,15). The van der Waals surface area contributed by atoms with Gasteiger partial charge in [-0.05, 0) is 25.5 Å². The van der Waals surface area contributed by atoms with Crippen LogP contribution in [0.25, 0.3) is 0 Å². The van der Waals surface area contributed by atoms with Gasteiger partial charge >= 0.3 is 5.97 Å². The number of esters is 1. The minimum Gasteiger partial charge on any atom is -0.482 e. The van der Waals surface area contributed by atoms with E-state index >= 15 is 0 Å².